The molecule has 5 heteroatoms. The van der Waals surface area contributed by atoms with Crippen LogP contribution in [0.25, 0.3) is 0 Å². The number of rotatable bonds is 3. The van der Waals surface area contributed by atoms with Gasteiger partial charge < -0.3 is 14.8 Å². The fourth-order valence-electron chi connectivity index (χ4n) is 2.52. The Labute approximate surface area is 112 Å². The minimum Gasteiger partial charge on any atom is -0.475 e. The molecule has 2 rings (SSSR count). The van der Waals surface area contributed by atoms with E-state index in [1.807, 2.05) is 0 Å². The summed E-state index contributed by atoms with van der Waals surface area (Å²) in [6.07, 6.45) is 5.62. The third kappa shape index (κ3) is 3.36. The fraction of sp³-hybridized carbons (Fsp3) is 0.571. The van der Waals surface area contributed by atoms with Crippen LogP contribution in [-0.2, 0) is 0 Å². The minimum atomic E-state index is -1.16. The minimum absolute atomic E-state index is 0.0637. The number of hydrogen-bond acceptors (Lipinski definition) is 3. The average molecular weight is 265 g/mol. The van der Waals surface area contributed by atoms with Gasteiger partial charge in [-0.2, -0.15) is 0 Å². The Bertz CT molecular complexity index is 466. The van der Waals surface area contributed by atoms with Gasteiger partial charge in [-0.25, -0.2) is 4.79 Å². The van der Waals surface area contributed by atoms with E-state index in [0.29, 0.717) is 5.92 Å². The van der Waals surface area contributed by atoms with Crippen molar-refractivity contribution in [3.8, 4) is 0 Å². The largest absolute Gasteiger partial charge is 0.475 e. The van der Waals surface area contributed by atoms with E-state index in [4.69, 9.17) is 9.52 Å². The van der Waals surface area contributed by atoms with Crippen LogP contribution < -0.4 is 5.32 Å². The highest BCUT2D eigenvalue weighted by atomic mass is 16.4. The summed E-state index contributed by atoms with van der Waals surface area (Å²) in [5, 5.41) is 11.7. The van der Waals surface area contributed by atoms with Crippen molar-refractivity contribution in [1.29, 1.82) is 0 Å². The van der Waals surface area contributed by atoms with E-state index in [1.54, 1.807) is 0 Å². The van der Waals surface area contributed by atoms with Gasteiger partial charge in [0.15, 0.2) is 5.76 Å². The zero-order valence-corrected chi connectivity index (χ0v) is 11.0. The molecule has 5 nitrogen and oxygen atoms in total. The van der Waals surface area contributed by atoms with Crippen LogP contribution >= 0.6 is 0 Å². The van der Waals surface area contributed by atoms with Gasteiger partial charge in [-0.1, -0.05) is 26.2 Å². The molecule has 19 heavy (non-hydrogen) atoms. The van der Waals surface area contributed by atoms with Crippen LogP contribution in [-0.4, -0.2) is 23.0 Å². The summed E-state index contributed by atoms with van der Waals surface area (Å²) < 4.78 is 5.00. The fourth-order valence-corrected chi connectivity index (χ4v) is 2.52. The Kier molecular flexibility index (Phi) is 4.24. The van der Waals surface area contributed by atoms with Crippen molar-refractivity contribution in [2.24, 2.45) is 5.92 Å². The lowest BCUT2D eigenvalue weighted by Gasteiger charge is -2.22. The molecule has 0 radical (unpaired) electrons. The summed E-state index contributed by atoms with van der Waals surface area (Å²) in [6.45, 7) is 2.14. The molecule has 1 fully saturated rings. The quantitative estimate of drug-likeness (QED) is 0.823. The number of carboxylic acid groups (broad SMARTS) is 1. The van der Waals surface area contributed by atoms with Crippen LogP contribution in [0.1, 0.15) is 60.1 Å². The second kappa shape index (κ2) is 5.91. The van der Waals surface area contributed by atoms with Crippen molar-refractivity contribution in [1.82, 2.24) is 5.32 Å². The average Bonchev–Trinajstić information content (AvgIpc) is 2.78. The molecule has 1 heterocycles. The number of hydrogen-bond donors (Lipinski definition) is 2. The van der Waals surface area contributed by atoms with Crippen LogP contribution in [0.15, 0.2) is 16.5 Å². The van der Waals surface area contributed by atoms with Gasteiger partial charge in [0.05, 0.1) is 0 Å². The molecule has 0 saturated heterocycles. The molecule has 2 atom stereocenters. The number of furan rings is 1. The molecule has 2 N–H and O–H groups in total. The van der Waals surface area contributed by atoms with Crippen LogP contribution in [0.2, 0.25) is 0 Å². The Morgan fingerprint density at radius 2 is 1.89 bits per heavy atom. The van der Waals surface area contributed by atoms with E-state index >= 15 is 0 Å². The van der Waals surface area contributed by atoms with Gasteiger partial charge in [0.2, 0.25) is 5.76 Å². The highest BCUT2D eigenvalue weighted by Crippen LogP contribution is 2.23. The second-order valence-corrected chi connectivity index (χ2v) is 5.16. The monoisotopic (exact) mass is 265 g/mol. The van der Waals surface area contributed by atoms with E-state index in [-0.39, 0.29) is 23.5 Å². The molecule has 0 aromatic carbocycles. The lowest BCUT2D eigenvalue weighted by Crippen LogP contribution is -2.38. The molecule has 0 bridgehead atoms. The lowest BCUT2D eigenvalue weighted by atomic mass is 9.97. The van der Waals surface area contributed by atoms with E-state index in [0.717, 1.165) is 19.3 Å². The maximum Gasteiger partial charge on any atom is 0.371 e. The second-order valence-electron chi connectivity index (χ2n) is 5.16. The third-order valence-electron chi connectivity index (χ3n) is 3.72. The molecule has 0 spiro atoms. The number of nitrogens with one attached hydrogen (secondary N) is 1. The normalized spacial score (nSPS) is 23.6. The molecule has 1 amide bonds. The molecule has 1 aliphatic rings. The Morgan fingerprint density at radius 1 is 1.21 bits per heavy atom. The first-order valence-corrected chi connectivity index (χ1v) is 6.72. The summed E-state index contributed by atoms with van der Waals surface area (Å²) in [6, 6.07) is 2.85. The van der Waals surface area contributed by atoms with Crippen molar-refractivity contribution < 1.29 is 19.1 Å². The first kappa shape index (κ1) is 13.6. The van der Waals surface area contributed by atoms with E-state index in [2.05, 4.69) is 12.2 Å². The number of carbonyl (C=O) groups excluding carboxylic acids is 1. The van der Waals surface area contributed by atoms with Gasteiger partial charge in [-0.3, -0.25) is 4.79 Å². The molecule has 1 aliphatic carbocycles. The van der Waals surface area contributed by atoms with Gasteiger partial charge in [-0.15, -0.1) is 0 Å². The number of carboxylic acids is 1. The van der Waals surface area contributed by atoms with Crippen LogP contribution in [0.3, 0.4) is 0 Å². The standard InChI is InChI=1S/C14H19NO4/c1-9-5-3-2-4-6-10(9)15-13(16)11-7-8-12(19-11)14(17)18/h7-10H,2-6H2,1H3,(H,15,16)(H,17,18). The van der Waals surface area contributed by atoms with Crippen molar-refractivity contribution in [3.05, 3.63) is 23.7 Å². The summed E-state index contributed by atoms with van der Waals surface area (Å²) in [5.41, 5.74) is 0. The molecule has 0 aliphatic heterocycles. The molecule has 2 unspecified atom stereocenters. The molecule has 1 aromatic rings. The number of amides is 1. The van der Waals surface area contributed by atoms with Gasteiger partial charge in [0.25, 0.3) is 5.91 Å². The highest BCUT2D eigenvalue weighted by molar-refractivity contribution is 5.93. The summed E-state index contributed by atoms with van der Waals surface area (Å²) in [4.78, 5) is 22.7. The predicted molar refractivity (Wildman–Crippen MR) is 69.2 cm³/mol. The number of aromatic carboxylic acids is 1. The third-order valence-corrected chi connectivity index (χ3v) is 3.72. The van der Waals surface area contributed by atoms with Crippen LogP contribution in [0.4, 0.5) is 0 Å². The maximum absolute atomic E-state index is 12.0. The Hall–Kier alpha value is -1.78. The first-order chi connectivity index (χ1) is 9.08. The summed E-state index contributed by atoms with van der Waals surface area (Å²) in [5.74, 6) is -1.19. The zero-order chi connectivity index (χ0) is 13.8. The van der Waals surface area contributed by atoms with Gasteiger partial charge >= 0.3 is 5.97 Å². The van der Waals surface area contributed by atoms with Gasteiger partial charge in [0.1, 0.15) is 0 Å². The Balaban J connectivity index is 2.00. The molecule has 1 saturated carbocycles. The SMILES string of the molecule is CC1CCCCCC1NC(=O)c1ccc(C(=O)O)o1. The van der Waals surface area contributed by atoms with E-state index in [9.17, 15) is 9.59 Å². The van der Waals surface area contributed by atoms with E-state index < -0.39 is 5.97 Å². The van der Waals surface area contributed by atoms with Crippen molar-refractivity contribution in [3.63, 3.8) is 0 Å². The molecular weight excluding hydrogens is 246 g/mol. The van der Waals surface area contributed by atoms with E-state index in [1.165, 1.54) is 25.0 Å². The van der Waals surface area contributed by atoms with Crippen molar-refractivity contribution in [2.45, 2.75) is 45.1 Å². The summed E-state index contributed by atoms with van der Waals surface area (Å²) in [7, 11) is 0. The molecular formula is C14H19NO4. The highest BCUT2D eigenvalue weighted by Gasteiger charge is 2.23. The van der Waals surface area contributed by atoms with Crippen molar-refractivity contribution in [2.75, 3.05) is 0 Å². The summed E-state index contributed by atoms with van der Waals surface area (Å²) >= 11 is 0. The van der Waals surface area contributed by atoms with Gasteiger partial charge in [-0.05, 0) is 30.9 Å². The molecule has 104 valence electrons. The maximum atomic E-state index is 12.0. The zero-order valence-electron chi connectivity index (χ0n) is 11.0. The van der Waals surface area contributed by atoms with Crippen LogP contribution in [0.5, 0.6) is 0 Å². The predicted octanol–water partition coefficient (Wildman–Crippen LogP) is 2.68. The topological polar surface area (TPSA) is 79.5 Å². The first-order valence-electron chi connectivity index (χ1n) is 6.72. The van der Waals surface area contributed by atoms with Crippen molar-refractivity contribution >= 4 is 11.9 Å². The van der Waals surface area contributed by atoms with Crippen LogP contribution in [0, 0.1) is 5.92 Å². The smallest absolute Gasteiger partial charge is 0.371 e. The Morgan fingerprint density at radius 3 is 2.58 bits per heavy atom. The van der Waals surface area contributed by atoms with Gasteiger partial charge in [0, 0.05) is 6.04 Å². The lowest BCUT2D eigenvalue weighted by molar-refractivity contribution is 0.0659. The number of carbonyl (C=O) groups is 2. The molecule has 1 aromatic heterocycles.